The SMILES string of the molecule is c1ccc(C(CC2CO2)n2nnc3ccccc32)cc1. The van der Waals surface area contributed by atoms with E-state index >= 15 is 0 Å². The molecule has 1 aliphatic heterocycles. The number of epoxide rings is 1. The summed E-state index contributed by atoms with van der Waals surface area (Å²) in [5.74, 6) is 0. The Hall–Kier alpha value is -2.20. The fourth-order valence-electron chi connectivity index (χ4n) is 2.62. The molecule has 1 saturated heterocycles. The molecule has 20 heavy (non-hydrogen) atoms. The van der Waals surface area contributed by atoms with Crippen LogP contribution in [0.25, 0.3) is 11.0 Å². The van der Waals surface area contributed by atoms with Gasteiger partial charge in [-0.25, -0.2) is 4.68 Å². The Kier molecular flexibility index (Phi) is 2.74. The highest BCUT2D eigenvalue weighted by atomic mass is 16.6. The van der Waals surface area contributed by atoms with Gasteiger partial charge in [-0.2, -0.15) is 0 Å². The fourth-order valence-corrected chi connectivity index (χ4v) is 2.62. The molecule has 3 aromatic rings. The first-order valence-corrected chi connectivity index (χ1v) is 6.88. The largest absolute Gasteiger partial charge is 0.373 e. The van der Waals surface area contributed by atoms with E-state index in [-0.39, 0.29) is 6.04 Å². The van der Waals surface area contributed by atoms with Crippen molar-refractivity contribution in [3.05, 3.63) is 60.2 Å². The van der Waals surface area contributed by atoms with Gasteiger partial charge < -0.3 is 4.74 Å². The molecule has 0 radical (unpaired) electrons. The van der Waals surface area contributed by atoms with E-state index in [0.717, 1.165) is 24.1 Å². The minimum absolute atomic E-state index is 0.177. The standard InChI is InChI=1S/C16H15N3O/c1-2-6-12(7-3-1)16(10-13-11-20-13)19-15-9-5-4-8-14(15)17-18-19/h1-9,13,16H,10-11H2. The van der Waals surface area contributed by atoms with Crippen molar-refractivity contribution < 1.29 is 4.74 Å². The predicted molar refractivity (Wildman–Crippen MR) is 76.5 cm³/mol. The summed E-state index contributed by atoms with van der Waals surface area (Å²) in [5.41, 5.74) is 3.26. The van der Waals surface area contributed by atoms with Crippen molar-refractivity contribution in [3.63, 3.8) is 0 Å². The molecule has 2 unspecified atom stereocenters. The number of ether oxygens (including phenoxy) is 1. The Balaban J connectivity index is 1.81. The van der Waals surface area contributed by atoms with Gasteiger partial charge >= 0.3 is 0 Å². The lowest BCUT2D eigenvalue weighted by molar-refractivity contribution is 0.359. The summed E-state index contributed by atoms with van der Waals surface area (Å²) < 4.78 is 7.43. The maximum atomic E-state index is 5.41. The lowest BCUT2D eigenvalue weighted by Crippen LogP contribution is -2.14. The fraction of sp³-hybridized carbons (Fsp3) is 0.250. The molecule has 2 aromatic carbocycles. The number of hydrogen-bond donors (Lipinski definition) is 0. The molecule has 0 aliphatic carbocycles. The second-order valence-corrected chi connectivity index (χ2v) is 5.14. The number of rotatable bonds is 4. The molecule has 0 amide bonds. The first kappa shape index (κ1) is 11.6. The molecule has 2 heterocycles. The Labute approximate surface area is 117 Å². The second-order valence-electron chi connectivity index (χ2n) is 5.14. The number of nitrogens with zero attached hydrogens (tertiary/aromatic N) is 3. The van der Waals surface area contributed by atoms with Gasteiger partial charge in [0, 0.05) is 6.42 Å². The van der Waals surface area contributed by atoms with E-state index in [9.17, 15) is 0 Å². The Morgan fingerprint density at radius 2 is 1.85 bits per heavy atom. The minimum atomic E-state index is 0.177. The number of para-hydroxylation sites is 1. The summed E-state index contributed by atoms with van der Waals surface area (Å²) in [6.07, 6.45) is 1.29. The first-order valence-electron chi connectivity index (χ1n) is 6.88. The van der Waals surface area contributed by atoms with Gasteiger partial charge in [0.25, 0.3) is 0 Å². The van der Waals surface area contributed by atoms with E-state index in [2.05, 4.69) is 40.6 Å². The average molecular weight is 265 g/mol. The quantitative estimate of drug-likeness (QED) is 0.681. The third kappa shape index (κ3) is 2.08. The van der Waals surface area contributed by atoms with Gasteiger partial charge in [-0.05, 0) is 17.7 Å². The molecule has 1 aliphatic rings. The van der Waals surface area contributed by atoms with Crippen LogP contribution in [0.5, 0.6) is 0 Å². The van der Waals surface area contributed by atoms with Gasteiger partial charge in [0.2, 0.25) is 0 Å². The zero-order valence-electron chi connectivity index (χ0n) is 11.0. The topological polar surface area (TPSA) is 43.2 Å². The number of hydrogen-bond acceptors (Lipinski definition) is 3. The first-order chi connectivity index (χ1) is 9.92. The highest BCUT2D eigenvalue weighted by Crippen LogP contribution is 2.30. The molecule has 0 N–H and O–H groups in total. The average Bonchev–Trinajstić information content (AvgIpc) is 3.24. The lowest BCUT2D eigenvalue weighted by atomic mass is 10.0. The molecule has 0 bridgehead atoms. The van der Waals surface area contributed by atoms with E-state index in [1.54, 1.807) is 0 Å². The summed E-state index contributed by atoms with van der Waals surface area (Å²) in [7, 11) is 0. The molecule has 0 saturated carbocycles. The number of benzene rings is 2. The van der Waals surface area contributed by atoms with Gasteiger partial charge in [0.05, 0.1) is 24.3 Å². The lowest BCUT2D eigenvalue weighted by Gasteiger charge is -2.17. The summed E-state index contributed by atoms with van der Waals surface area (Å²) in [6, 6.07) is 18.7. The monoisotopic (exact) mass is 265 g/mol. The molecular formula is C16H15N3O. The summed E-state index contributed by atoms with van der Waals surface area (Å²) in [5, 5.41) is 8.63. The minimum Gasteiger partial charge on any atom is -0.373 e. The summed E-state index contributed by atoms with van der Waals surface area (Å²) in [4.78, 5) is 0. The Morgan fingerprint density at radius 1 is 1.10 bits per heavy atom. The van der Waals surface area contributed by atoms with Crippen LogP contribution in [0.3, 0.4) is 0 Å². The second kappa shape index (κ2) is 4.72. The summed E-state index contributed by atoms with van der Waals surface area (Å²) >= 11 is 0. The molecule has 4 heteroatoms. The van der Waals surface area contributed by atoms with Crippen molar-refractivity contribution >= 4 is 11.0 Å². The van der Waals surface area contributed by atoms with Crippen LogP contribution in [0, 0.1) is 0 Å². The van der Waals surface area contributed by atoms with Crippen molar-refractivity contribution in [1.29, 1.82) is 0 Å². The van der Waals surface area contributed by atoms with Crippen LogP contribution in [0.15, 0.2) is 54.6 Å². The van der Waals surface area contributed by atoms with E-state index in [4.69, 9.17) is 4.74 Å². The third-order valence-electron chi connectivity index (χ3n) is 3.75. The Bertz CT molecular complexity index is 719. The predicted octanol–water partition coefficient (Wildman–Crippen LogP) is 2.81. The van der Waals surface area contributed by atoms with Gasteiger partial charge in [0.15, 0.2) is 0 Å². The van der Waals surface area contributed by atoms with Gasteiger partial charge in [-0.15, -0.1) is 5.10 Å². The molecule has 4 rings (SSSR count). The van der Waals surface area contributed by atoms with Crippen LogP contribution in [0.1, 0.15) is 18.0 Å². The zero-order valence-corrected chi connectivity index (χ0v) is 11.0. The van der Waals surface area contributed by atoms with Crippen LogP contribution in [0.2, 0.25) is 0 Å². The number of aromatic nitrogens is 3. The molecule has 0 spiro atoms. The summed E-state index contributed by atoms with van der Waals surface area (Å²) in [6.45, 7) is 0.857. The van der Waals surface area contributed by atoms with Crippen LogP contribution >= 0.6 is 0 Å². The molecule has 4 nitrogen and oxygen atoms in total. The van der Waals surface area contributed by atoms with Crippen LogP contribution in [-0.4, -0.2) is 27.7 Å². The highest BCUT2D eigenvalue weighted by molar-refractivity contribution is 5.74. The smallest absolute Gasteiger partial charge is 0.113 e. The third-order valence-corrected chi connectivity index (χ3v) is 3.75. The van der Waals surface area contributed by atoms with Crippen LogP contribution in [-0.2, 0) is 4.74 Å². The highest BCUT2D eigenvalue weighted by Gasteiger charge is 2.29. The van der Waals surface area contributed by atoms with E-state index in [1.807, 2.05) is 28.9 Å². The Morgan fingerprint density at radius 3 is 2.65 bits per heavy atom. The molecule has 1 aromatic heterocycles. The zero-order chi connectivity index (χ0) is 13.4. The van der Waals surface area contributed by atoms with Crippen LogP contribution < -0.4 is 0 Å². The molecule has 2 atom stereocenters. The van der Waals surface area contributed by atoms with E-state index in [0.29, 0.717) is 6.10 Å². The maximum absolute atomic E-state index is 5.41. The number of fused-ring (bicyclic) bond motifs is 1. The maximum Gasteiger partial charge on any atom is 0.113 e. The van der Waals surface area contributed by atoms with E-state index < -0.39 is 0 Å². The molecular weight excluding hydrogens is 250 g/mol. The van der Waals surface area contributed by atoms with Crippen molar-refractivity contribution in [2.45, 2.75) is 18.6 Å². The van der Waals surface area contributed by atoms with Crippen molar-refractivity contribution in [3.8, 4) is 0 Å². The van der Waals surface area contributed by atoms with E-state index in [1.165, 1.54) is 5.56 Å². The van der Waals surface area contributed by atoms with Crippen molar-refractivity contribution in [2.75, 3.05) is 6.61 Å². The normalized spacial score (nSPS) is 19.1. The van der Waals surface area contributed by atoms with Crippen molar-refractivity contribution in [1.82, 2.24) is 15.0 Å². The van der Waals surface area contributed by atoms with Crippen LogP contribution in [0.4, 0.5) is 0 Å². The molecule has 1 fully saturated rings. The van der Waals surface area contributed by atoms with Gasteiger partial charge in [-0.3, -0.25) is 0 Å². The van der Waals surface area contributed by atoms with Gasteiger partial charge in [0.1, 0.15) is 5.52 Å². The molecule has 100 valence electrons. The van der Waals surface area contributed by atoms with Crippen molar-refractivity contribution in [2.24, 2.45) is 0 Å². The van der Waals surface area contributed by atoms with Gasteiger partial charge in [-0.1, -0.05) is 47.7 Å².